The molecule has 0 spiro atoms. The molecule has 0 bridgehead atoms. The highest BCUT2D eigenvalue weighted by molar-refractivity contribution is 6.33. The predicted octanol–water partition coefficient (Wildman–Crippen LogP) is 4.27. The highest BCUT2D eigenvalue weighted by Crippen LogP contribution is 2.29. The number of amides is 2. The van der Waals surface area contributed by atoms with E-state index in [0.29, 0.717) is 44.1 Å². The Hall–Kier alpha value is -4.41. The molecule has 0 aliphatic rings. The van der Waals surface area contributed by atoms with E-state index in [1.165, 1.54) is 0 Å². The van der Waals surface area contributed by atoms with Gasteiger partial charge in [-0.1, -0.05) is 48.0 Å². The number of para-hydroxylation sites is 1. The summed E-state index contributed by atoms with van der Waals surface area (Å²) in [6, 6.07) is 24.4. The Labute approximate surface area is 194 Å². The fourth-order valence-electron chi connectivity index (χ4n) is 3.17. The van der Waals surface area contributed by atoms with Crippen molar-refractivity contribution in [1.29, 1.82) is 5.26 Å². The smallest absolute Gasteiger partial charge is 0.276 e. The number of hydrazine groups is 1. The number of nitrogens with one attached hydrogen (secondary N) is 2. The Morgan fingerprint density at radius 1 is 0.970 bits per heavy atom. The molecule has 0 aliphatic carbocycles. The topological polar surface area (TPSA) is 104 Å². The molecule has 1 heterocycles. The number of hydrogen-bond acceptors (Lipinski definition) is 5. The lowest BCUT2D eigenvalue weighted by Crippen LogP contribution is -2.43. The van der Waals surface area contributed by atoms with Gasteiger partial charge in [-0.15, -0.1) is 0 Å². The molecule has 7 nitrogen and oxygen atoms in total. The molecule has 0 aliphatic heterocycles. The molecule has 3 aromatic carbocycles. The SMILES string of the molecule is N#Cc1ccc(OCC(=O)NNC(=O)c2cc(-c3ccccc3Cl)nc3ccccc23)cc1. The first-order chi connectivity index (χ1) is 16.0. The molecular weight excluding hydrogens is 440 g/mol. The van der Waals surface area contributed by atoms with Crippen LogP contribution in [0.25, 0.3) is 22.2 Å². The second-order valence-corrected chi connectivity index (χ2v) is 7.39. The van der Waals surface area contributed by atoms with E-state index < -0.39 is 11.8 Å². The van der Waals surface area contributed by atoms with Crippen LogP contribution in [-0.2, 0) is 4.79 Å². The van der Waals surface area contributed by atoms with Crippen molar-refractivity contribution >= 4 is 34.3 Å². The van der Waals surface area contributed by atoms with Gasteiger partial charge in [0.2, 0.25) is 0 Å². The summed E-state index contributed by atoms with van der Waals surface area (Å²) in [6.07, 6.45) is 0. The number of aromatic nitrogens is 1. The van der Waals surface area contributed by atoms with E-state index in [4.69, 9.17) is 21.6 Å². The van der Waals surface area contributed by atoms with Gasteiger partial charge in [-0.2, -0.15) is 5.26 Å². The van der Waals surface area contributed by atoms with Crippen molar-refractivity contribution in [3.8, 4) is 23.1 Å². The fourth-order valence-corrected chi connectivity index (χ4v) is 3.41. The number of carbonyl (C=O) groups is 2. The summed E-state index contributed by atoms with van der Waals surface area (Å²) in [4.78, 5) is 29.7. The summed E-state index contributed by atoms with van der Waals surface area (Å²) in [5.74, 6) is -0.619. The van der Waals surface area contributed by atoms with E-state index >= 15 is 0 Å². The van der Waals surface area contributed by atoms with Crippen molar-refractivity contribution in [2.75, 3.05) is 6.61 Å². The van der Waals surface area contributed by atoms with Crippen LogP contribution in [0.5, 0.6) is 5.75 Å². The fraction of sp³-hybridized carbons (Fsp3) is 0.0400. The van der Waals surface area contributed by atoms with Gasteiger partial charge in [0.05, 0.1) is 28.4 Å². The lowest BCUT2D eigenvalue weighted by molar-refractivity contribution is -0.123. The number of nitriles is 1. The van der Waals surface area contributed by atoms with Crippen LogP contribution in [-0.4, -0.2) is 23.4 Å². The highest BCUT2D eigenvalue weighted by atomic mass is 35.5. The number of halogens is 1. The minimum absolute atomic E-state index is 0.311. The van der Waals surface area contributed by atoms with E-state index in [1.807, 2.05) is 30.3 Å². The summed E-state index contributed by atoms with van der Waals surface area (Å²) < 4.78 is 5.37. The van der Waals surface area contributed by atoms with E-state index in [0.717, 1.165) is 0 Å². The first kappa shape index (κ1) is 21.8. The molecule has 1 aromatic heterocycles. The van der Waals surface area contributed by atoms with Gasteiger partial charge in [-0.3, -0.25) is 20.4 Å². The third-order valence-corrected chi connectivity index (χ3v) is 5.11. The minimum Gasteiger partial charge on any atom is -0.484 e. The van der Waals surface area contributed by atoms with Gasteiger partial charge in [0.1, 0.15) is 5.75 Å². The average Bonchev–Trinajstić information content (AvgIpc) is 2.86. The summed E-state index contributed by atoms with van der Waals surface area (Å²) in [7, 11) is 0. The van der Waals surface area contributed by atoms with Crippen molar-refractivity contribution in [2.24, 2.45) is 0 Å². The molecule has 0 saturated carbocycles. The molecule has 8 heteroatoms. The van der Waals surface area contributed by atoms with Gasteiger partial charge in [0.25, 0.3) is 11.8 Å². The molecule has 0 fully saturated rings. The summed E-state index contributed by atoms with van der Waals surface area (Å²) in [6.45, 7) is -0.311. The van der Waals surface area contributed by atoms with Gasteiger partial charge in [0, 0.05) is 16.0 Å². The normalized spacial score (nSPS) is 10.3. The van der Waals surface area contributed by atoms with Crippen LogP contribution in [0, 0.1) is 11.3 Å². The van der Waals surface area contributed by atoms with Gasteiger partial charge < -0.3 is 4.74 Å². The summed E-state index contributed by atoms with van der Waals surface area (Å²) >= 11 is 6.32. The molecule has 33 heavy (non-hydrogen) atoms. The third kappa shape index (κ3) is 5.09. The van der Waals surface area contributed by atoms with Gasteiger partial charge in [-0.05, 0) is 42.5 Å². The molecule has 0 saturated heterocycles. The average molecular weight is 457 g/mol. The van der Waals surface area contributed by atoms with E-state index in [1.54, 1.807) is 54.6 Å². The quantitative estimate of drug-likeness (QED) is 0.436. The Morgan fingerprint density at radius 2 is 1.70 bits per heavy atom. The highest BCUT2D eigenvalue weighted by Gasteiger charge is 2.16. The molecule has 4 rings (SSSR count). The lowest BCUT2D eigenvalue weighted by Gasteiger charge is -2.12. The molecule has 0 atom stereocenters. The molecule has 2 N–H and O–H groups in total. The van der Waals surface area contributed by atoms with Crippen molar-refractivity contribution in [3.05, 3.63) is 95.0 Å². The lowest BCUT2D eigenvalue weighted by atomic mass is 10.0. The number of ether oxygens (including phenoxy) is 1. The van der Waals surface area contributed by atoms with Gasteiger partial charge in [-0.25, -0.2) is 4.98 Å². The standard InChI is InChI=1S/C25H17ClN4O3/c26-21-7-3-1-6-19(21)23-13-20(18-5-2-4-8-22(18)28-23)25(32)30-29-24(31)15-33-17-11-9-16(14-27)10-12-17/h1-13H,15H2,(H,29,31)(H,30,32). The maximum atomic E-state index is 12.9. The number of benzene rings is 3. The van der Waals surface area contributed by atoms with Crippen LogP contribution in [0.1, 0.15) is 15.9 Å². The zero-order chi connectivity index (χ0) is 23.2. The number of carbonyl (C=O) groups excluding carboxylic acids is 2. The number of fused-ring (bicyclic) bond motifs is 1. The first-order valence-corrected chi connectivity index (χ1v) is 10.3. The maximum absolute atomic E-state index is 12.9. The second kappa shape index (κ2) is 9.81. The number of hydrogen-bond donors (Lipinski definition) is 2. The monoisotopic (exact) mass is 456 g/mol. The minimum atomic E-state index is -0.544. The summed E-state index contributed by atoms with van der Waals surface area (Å²) in [5, 5.41) is 9.97. The molecule has 4 aromatic rings. The largest absolute Gasteiger partial charge is 0.484 e. The summed E-state index contributed by atoms with van der Waals surface area (Å²) in [5.41, 5.74) is 7.44. The van der Waals surface area contributed by atoms with Crippen LogP contribution in [0.2, 0.25) is 5.02 Å². The van der Waals surface area contributed by atoms with Crippen LogP contribution in [0.15, 0.2) is 78.9 Å². The van der Waals surface area contributed by atoms with Gasteiger partial charge >= 0.3 is 0 Å². The third-order valence-electron chi connectivity index (χ3n) is 4.78. The van der Waals surface area contributed by atoms with Crippen LogP contribution < -0.4 is 15.6 Å². The van der Waals surface area contributed by atoms with E-state index in [2.05, 4.69) is 15.8 Å². The van der Waals surface area contributed by atoms with Crippen LogP contribution in [0.3, 0.4) is 0 Å². The number of rotatable bonds is 5. The molecule has 0 unspecified atom stereocenters. The second-order valence-electron chi connectivity index (χ2n) is 6.98. The zero-order valence-electron chi connectivity index (χ0n) is 17.2. The maximum Gasteiger partial charge on any atom is 0.276 e. The Bertz CT molecular complexity index is 1380. The van der Waals surface area contributed by atoms with E-state index in [9.17, 15) is 9.59 Å². The molecule has 162 valence electrons. The molecule has 0 radical (unpaired) electrons. The number of pyridine rings is 1. The van der Waals surface area contributed by atoms with Crippen molar-refractivity contribution in [2.45, 2.75) is 0 Å². The molecular formula is C25H17ClN4O3. The zero-order valence-corrected chi connectivity index (χ0v) is 18.0. The Morgan fingerprint density at radius 3 is 2.45 bits per heavy atom. The van der Waals surface area contributed by atoms with Crippen molar-refractivity contribution in [1.82, 2.24) is 15.8 Å². The van der Waals surface area contributed by atoms with Gasteiger partial charge in [0.15, 0.2) is 6.61 Å². The van der Waals surface area contributed by atoms with Crippen LogP contribution in [0.4, 0.5) is 0 Å². The molecule has 2 amide bonds. The van der Waals surface area contributed by atoms with Crippen molar-refractivity contribution < 1.29 is 14.3 Å². The Balaban J connectivity index is 1.48. The first-order valence-electron chi connectivity index (χ1n) is 9.92. The van der Waals surface area contributed by atoms with E-state index in [-0.39, 0.29) is 6.61 Å². The van der Waals surface area contributed by atoms with Crippen LogP contribution >= 0.6 is 11.6 Å². The predicted molar refractivity (Wildman–Crippen MR) is 124 cm³/mol. The number of nitrogens with zero attached hydrogens (tertiary/aromatic N) is 2. The Kier molecular flexibility index (Phi) is 6.48. The van der Waals surface area contributed by atoms with Crippen molar-refractivity contribution in [3.63, 3.8) is 0 Å².